The number of carbonyl (C=O) groups excluding carboxylic acids is 2. The predicted octanol–water partition coefficient (Wildman–Crippen LogP) is 0.344. The molecule has 1 fully saturated rings. The van der Waals surface area contributed by atoms with E-state index in [9.17, 15) is 9.59 Å². The van der Waals surface area contributed by atoms with Crippen molar-refractivity contribution < 1.29 is 14.3 Å². The second-order valence-corrected chi connectivity index (χ2v) is 4.85. The summed E-state index contributed by atoms with van der Waals surface area (Å²) in [7, 11) is 1.63. The highest BCUT2D eigenvalue weighted by molar-refractivity contribution is 5.95. The Morgan fingerprint density at radius 3 is 2.55 bits per heavy atom. The summed E-state index contributed by atoms with van der Waals surface area (Å²) in [5.74, 6) is -0.767. The minimum absolute atomic E-state index is 0.160. The highest BCUT2D eigenvalue weighted by Crippen LogP contribution is 2.18. The lowest BCUT2D eigenvalue weighted by Gasteiger charge is -2.14. The van der Waals surface area contributed by atoms with Crippen LogP contribution in [0.25, 0.3) is 0 Å². The van der Waals surface area contributed by atoms with Gasteiger partial charge in [-0.3, -0.25) is 9.48 Å². The van der Waals surface area contributed by atoms with Gasteiger partial charge in [-0.2, -0.15) is 5.10 Å². The van der Waals surface area contributed by atoms with Crippen LogP contribution in [-0.4, -0.2) is 46.3 Å². The van der Waals surface area contributed by atoms with Crippen LogP contribution in [0.2, 0.25) is 0 Å². The molecule has 7 heteroatoms. The first kappa shape index (κ1) is 14.4. The first-order valence-corrected chi connectivity index (χ1v) is 6.80. The summed E-state index contributed by atoms with van der Waals surface area (Å²) >= 11 is 0. The molecule has 7 nitrogen and oxygen atoms in total. The van der Waals surface area contributed by atoms with Gasteiger partial charge in [0.15, 0.2) is 12.3 Å². The number of nitrogen functional groups attached to an aromatic ring is 1. The Hall–Kier alpha value is -2.05. The summed E-state index contributed by atoms with van der Waals surface area (Å²) < 4.78 is 6.45. The standard InChI is InChI=1S/C13H20N4O3/c1-3-9-11(14)12(16(2)15-9)13(19)20-8-10(18)17-6-4-5-7-17/h3-8,14H2,1-2H3. The lowest BCUT2D eigenvalue weighted by atomic mass is 10.2. The predicted molar refractivity (Wildman–Crippen MR) is 73.1 cm³/mol. The molecule has 1 aliphatic heterocycles. The van der Waals surface area contributed by atoms with Crippen molar-refractivity contribution in [2.45, 2.75) is 26.2 Å². The van der Waals surface area contributed by atoms with Crippen molar-refractivity contribution in [1.29, 1.82) is 0 Å². The maximum atomic E-state index is 12.0. The molecule has 0 aliphatic carbocycles. The molecule has 1 aromatic rings. The molecule has 0 spiro atoms. The fraction of sp³-hybridized carbons (Fsp3) is 0.615. The normalized spacial score (nSPS) is 14.6. The number of carbonyl (C=O) groups is 2. The number of anilines is 1. The van der Waals surface area contributed by atoms with Gasteiger partial charge in [0.1, 0.15) is 0 Å². The van der Waals surface area contributed by atoms with E-state index < -0.39 is 5.97 Å². The van der Waals surface area contributed by atoms with Gasteiger partial charge in [0.2, 0.25) is 0 Å². The third-order valence-electron chi connectivity index (χ3n) is 3.47. The van der Waals surface area contributed by atoms with Crippen molar-refractivity contribution in [3.8, 4) is 0 Å². The van der Waals surface area contributed by atoms with Crippen LogP contribution in [-0.2, 0) is 23.0 Å². The maximum Gasteiger partial charge on any atom is 0.359 e. The van der Waals surface area contributed by atoms with E-state index in [0.29, 0.717) is 17.8 Å². The fourth-order valence-electron chi connectivity index (χ4n) is 2.35. The minimum atomic E-state index is -0.607. The zero-order chi connectivity index (χ0) is 14.7. The van der Waals surface area contributed by atoms with E-state index in [2.05, 4.69) is 5.10 Å². The highest BCUT2D eigenvalue weighted by Gasteiger charge is 2.23. The fourth-order valence-corrected chi connectivity index (χ4v) is 2.35. The largest absolute Gasteiger partial charge is 0.451 e. The van der Waals surface area contributed by atoms with E-state index in [1.165, 1.54) is 4.68 Å². The quantitative estimate of drug-likeness (QED) is 0.803. The van der Waals surface area contributed by atoms with Gasteiger partial charge in [-0.15, -0.1) is 0 Å². The van der Waals surface area contributed by atoms with Gasteiger partial charge in [-0.1, -0.05) is 6.92 Å². The van der Waals surface area contributed by atoms with Crippen molar-refractivity contribution in [1.82, 2.24) is 14.7 Å². The number of hydrogen-bond acceptors (Lipinski definition) is 5. The van der Waals surface area contributed by atoms with Crippen LogP contribution < -0.4 is 5.73 Å². The maximum absolute atomic E-state index is 12.0. The SMILES string of the molecule is CCc1nn(C)c(C(=O)OCC(=O)N2CCCC2)c1N. The Morgan fingerprint density at radius 2 is 2.00 bits per heavy atom. The molecule has 0 saturated carbocycles. The number of aryl methyl sites for hydroxylation is 2. The van der Waals surface area contributed by atoms with Crippen molar-refractivity contribution in [3.63, 3.8) is 0 Å². The smallest absolute Gasteiger partial charge is 0.359 e. The Kier molecular flexibility index (Phi) is 4.26. The molecule has 0 atom stereocenters. The molecule has 1 aliphatic rings. The number of likely N-dealkylation sites (tertiary alicyclic amines) is 1. The average Bonchev–Trinajstić information content (AvgIpc) is 3.04. The zero-order valence-electron chi connectivity index (χ0n) is 11.9. The minimum Gasteiger partial charge on any atom is -0.451 e. The van der Waals surface area contributed by atoms with Crippen LogP contribution in [0.4, 0.5) is 5.69 Å². The van der Waals surface area contributed by atoms with Crippen molar-refractivity contribution in [3.05, 3.63) is 11.4 Å². The molecule has 2 rings (SSSR count). The molecule has 110 valence electrons. The average molecular weight is 280 g/mol. The van der Waals surface area contributed by atoms with Crippen LogP contribution in [0.15, 0.2) is 0 Å². The number of rotatable bonds is 4. The lowest BCUT2D eigenvalue weighted by molar-refractivity contribution is -0.133. The van der Waals surface area contributed by atoms with E-state index in [0.717, 1.165) is 25.9 Å². The molecule has 0 bridgehead atoms. The van der Waals surface area contributed by atoms with Crippen LogP contribution in [0.3, 0.4) is 0 Å². The number of esters is 1. The molecular weight excluding hydrogens is 260 g/mol. The Morgan fingerprint density at radius 1 is 1.35 bits per heavy atom. The van der Waals surface area contributed by atoms with Gasteiger partial charge in [-0.25, -0.2) is 4.79 Å². The molecular formula is C13H20N4O3. The molecule has 0 aromatic carbocycles. The Bertz CT molecular complexity index is 518. The summed E-state index contributed by atoms with van der Waals surface area (Å²) in [4.78, 5) is 25.5. The number of amides is 1. The van der Waals surface area contributed by atoms with Crippen LogP contribution in [0.1, 0.15) is 35.9 Å². The first-order chi connectivity index (χ1) is 9.54. The van der Waals surface area contributed by atoms with Crippen molar-refractivity contribution >= 4 is 17.6 Å². The molecule has 2 heterocycles. The van der Waals surface area contributed by atoms with E-state index in [-0.39, 0.29) is 18.2 Å². The summed E-state index contributed by atoms with van der Waals surface area (Å²) in [6.07, 6.45) is 2.65. The van der Waals surface area contributed by atoms with Gasteiger partial charge in [-0.05, 0) is 19.3 Å². The molecule has 1 amide bonds. The molecule has 2 N–H and O–H groups in total. The van der Waals surface area contributed by atoms with E-state index in [1.807, 2.05) is 6.92 Å². The van der Waals surface area contributed by atoms with Gasteiger partial charge < -0.3 is 15.4 Å². The number of hydrogen-bond donors (Lipinski definition) is 1. The first-order valence-electron chi connectivity index (χ1n) is 6.80. The Balaban J connectivity index is 1.98. The van der Waals surface area contributed by atoms with Crippen LogP contribution in [0, 0.1) is 0 Å². The van der Waals surface area contributed by atoms with Gasteiger partial charge in [0.05, 0.1) is 11.4 Å². The lowest BCUT2D eigenvalue weighted by Crippen LogP contribution is -2.32. The van der Waals surface area contributed by atoms with Gasteiger partial charge >= 0.3 is 5.97 Å². The third-order valence-corrected chi connectivity index (χ3v) is 3.47. The highest BCUT2D eigenvalue weighted by atomic mass is 16.5. The van der Waals surface area contributed by atoms with E-state index >= 15 is 0 Å². The number of nitrogens with zero attached hydrogens (tertiary/aromatic N) is 3. The summed E-state index contributed by atoms with van der Waals surface area (Å²) in [5, 5.41) is 4.15. The van der Waals surface area contributed by atoms with Crippen LogP contribution >= 0.6 is 0 Å². The van der Waals surface area contributed by atoms with E-state index in [4.69, 9.17) is 10.5 Å². The molecule has 0 unspecified atom stereocenters. The topological polar surface area (TPSA) is 90.5 Å². The number of nitrogens with two attached hydrogens (primary N) is 1. The van der Waals surface area contributed by atoms with E-state index in [1.54, 1.807) is 11.9 Å². The van der Waals surface area contributed by atoms with Crippen molar-refractivity contribution in [2.24, 2.45) is 7.05 Å². The second-order valence-electron chi connectivity index (χ2n) is 4.85. The second kappa shape index (κ2) is 5.94. The van der Waals surface area contributed by atoms with Gasteiger partial charge in [0.25, 0.3) is 5.91 Å². The molecule has 0 radical (unpaired) electrons. The summed E-state index contributed by atoms with van der Waals surface area (Å²) in [6, 6.07) is 0. The third kappa shape index (κ3) is 2.76. The Labute approximate surface area is 117 Å². The molecule has 20 heavy (non-hydrogen) atoms. The van der Waals surface area contributed by atoms with Crippen molar-refractivity contribution in [2.75, 3.05) is 25.4 Å². The number of ether oxygens (including phenoxy) is 1. The molecule has 1 aromatic heterocycles. The molecule has 1 saturated heterocycles. The number of aromatic nitrogens is 2. The summed E-state index contributed by atoms with van der Waals surface area (Å²) in [5.41, 5.74) is 7.05. The zero-order valence-corrected chi connectivity index (χ0v) is 11.9. The van der Waals surface area contributed by atoms with Crippen LogP contribution in [0.5, 0.6) is 0 Å². The summed E-state index contributed by atoms with van der Waals surface area (Å²) in [6.45, 7) is 3.14. The monoisotopic (exact) mass is 280 g/mol. The van der Waals surface area contributed by atoms with Gasteiger partial charge in [0, 0.05) is 20.1 Å².